The van der Waals surface area contributed by atoms with E-state index in [0.717, 1.165) is 11.3 Å². The van der Waals surface area contributed by atoms with Crippen LogP contribution in [0.1, 0.15) is 26.3 Å². The van der Waals surface area contributed by atoms with Crippen molar-refractivity contribution in [1.29, 1.82) is 0 Å². The lowest BCUT2D eigenvalue weighted by atomic mass is 10.2. The molecular formula is C16H25NO3S. The van der Waals surface area contributed by atoms with Crippen LogP contribution in [0.3, 0.4) is 0 Å². The molecule has 0 aliphatic heterocycles. The van der Waals surface area contributed by atoms with Gasteiger partial charge < -0.3 is 9.47 Å². The van der Waals surface area contributed by atoms with Crippen molar-refractivity contribution in [3.05, 3.63) is 42.5 Å². The zero-order valence-electron chi connectivity index (χ0n) is 13.2. The number of hydrogen-bond donors (Lipinski definition) is 1. The molecule has 0 aliphatic rings. The topological polar surface area (TPSA) is 47.6 Å². The Labute approximate surface area is 130 Å². The van der Waals surface area contributed by atoms with Crippen molar-refractivity contribution in [1.82, 2.24) is 4.72 Å². The monoisotopic (exact) mass is 311 g/mol. The number of hydrogen-bond acceptors (Lipinski definition) is 3. The van der Waals surface area contributed by atoms with Crippen molar-refractivity contribution >= 4 is 11.0 Å². The van der Waals surface area contributed by atoms with Gasteiger partial charge in [-0.3, -0.25) is 0 Å². The minimum Gasteiger partial charge on any atom is -0.497 e. The normalized spacial score (nSPS) is 14.5. The molecule has 1 N–H and O–H groups in total. The van der Waals surface area contributed by atoms with Gasteiger partial charge >= 0.3 is 0 Å². The van der Waals surface area contributed by atoms with E-state index in [9.17, 15) is 4.21 Å². The molecule has 5 heteroatoms. The van der Waals surface area contributed by atoms with E-state index in [1.165, 1.54) is 0 Å². The quantitative estimate of drug-likeness (QED) is 0.751. The van der Waals surface area contributed by atoms with Gasteiger partial charge in [-0.25, -0.2) is 8.93 Å². The minimum absolute atomic E-state index is 0.136. The number of ether oxygens (including phenoxy) is 2. The lowest BCUT2D eigenvalue weighted by Gasteiger charge is -2.22. The molecule has 0 fully saturated rings. The highest BCUT2D eigenvalue weighted by atomic mass is 32.2. The molecule has 0 saturated heterocycles. The first-order chi connectivity index (χ1) is 9.86. The zero-order valence-corrected chi connectivity index (χ0v) is 14.0. The molecule has 0 bridgehead atoms. The summed E-state index contributed by atoms with van der Waals surface area (Å²) in [6.45, 7) is 10.5. The highest BCUT2D eigenvalue weighted by molar-refractivity contribution is 7.84. The Morgan fingerprint density at radius 3 is 2.43 bits per heavy atom. The first-order valence-electron chi connectivity index (χ1n) is 6.88. The molecule has 0 saturated carbocycles. The molecule has 2 atom stereocenters. The lowest BCUT2D eigenvalue weighted by Crippen LogP contribution is -2.41. The minimum atomic E-state index is -1.14. The van der Waals surface area contributed by atoms with Gasteiger partial charge in [0.15, 0.2) is 0 Å². The molecule has 1 rings (SSSR count). The van der Waals surface area contributed by atoms with Crippen LogP contribution in [0.15, 0.2) is 36.9 Å². The van der Waals surface area contributed by atoms with Crippen LogP contribution in [0.4, 0.5) is 0 Å². The van der Waals surface area contributed by atoms with Crippen molar-refractivity contribution in [3.63, 3.8) is 0 Å². The summed E-state index contributed by atoms with van der Waals surface area (Å²) < 4.78 is 25.5. The summed E-state index contributed by atoms with van der Waals surface area (Å²) in [5, 5.41) is 0. The maximum atomic E-state index is 12.0. The SMILES string of the molecule is C=C[C@H](COCc1ccc(OC)cc1)N[S@](=O)C(C)(C)C. The van der Waals surface area contributed by atoms with Crippen LogP contribution in [0.5, 0.6) is 5.75 Å². The Bertz CT molecular complexity index is 465. The van der Waals surface area contributed by atoms with Gasteiger partial charge in [-0.2, -0.15) is 0 Å². The van der Waals surface area contributed by atoms with Crippen LogP contribution in [-0.4, -0.2) is 28.7 Å². The Morgan fingerprint density at radius 2 is 1.95 bits per heavy atom. The van der Waals surface area contributed by atoms with Crippen molar-refractivity contribution in [3.8, 4) is 5.75 Å². The van der Waals surface area contributed by atoms with Crippen molar-refractivity contribution < 1.29 is 13.7 Å². The summed E-state index contributed by atoms with van der Waals surface area (Å²) in [6.07, 6.45) is 1.72. The van der Waals surface area contributed by atoms with E-state index in [1.54, 1.807) is 13.2 Å². The van der Waals surface area contributed by atoms with E-state index in [4.69, 9.17) is 9.47 Å². The van der Waals surface area contributed by atoms with Gasteiger partial charge in [-0.15, -0.1) is 6.58 Å². The Morgan fingerprint density at radius 1 is 1.33 bits per heavy atom. The average molecular weight is 311 g/mol. The molecule has 0 radical (unpaired) electrons. The highest BCUT2D eigenvalue weighted by Crippen LogP contribution is 2.12. The second-order valence-corrected chi connectivity index (χ2v) is 7.70. The van der Waals surface area contributed by atoms with E-state index >= 15 is 0 Å². The summed E-state index contributed by atoms with van der Waals surface area (Å²) >= 11 is 0. The molecule has 118 valence electrons. The zero-order chi connectivity index (χ0) is 15.9. The molecule has 0 aliphatic carbocycles. The predicted molar refractivity (Wildman–Crippen MR) is 87.7 cm³/mol. The third-order valence-corrected chi connectivity index (χ3v) is 4.45. The van der Waals surface area contributed by atoms with Crippen LogP contribution >= 0.6 is 0 Å². The van der Waals surface area contributed by atoms with Gasteiger partial charge in [0, 0.05) is 0 Å². The molecule has 1 aromatic rings. The maximum absolute atomic E-state index is 12.0. The van der Waals surface area contributed by atoms with Gasteiger partial charge in [-0.1, -0.05) is 18.2 Å². The fourth-order valence-electron chi connectivity index (χ4n) is 1.49. The molecular weight excluding hydrogens is 286 g/mol. The van der Waals surface area contributed by atoms with Gasteiger partial charge in [0.05, 0.1) is 42.1 Å². The number of benzene rings is 1. The van der Waals surface area contributed by atoms with Gasteiger partial charge in [0.25, 0.3) is 0 Å². The van der Waals surface area contributed by atoms with Crippen molar-refractivity contribution in [2.75, 3.05) is 13.7 Å². The molecule has 4 nitrogen and oxygen atoms in total. The lowest BCUT2D eigenvalue weighted by molar-refractivity contribution is 0.113. The predicted octanol–water partition coefficient (Wildman–Crippen LogP) is 2.82. The summed E-state index contributed by atoms with van der Waals surface area (Å²) in [5.41, 5.74) is 1.07. The summed E-state index contributed by atoms with van der Waals surface area (Å²) in [5.74, 6) is 0.824. The first kappa shape index (κ1) is 17.9. The Balaban J connectivity index is 2.41. The second kappa shape index (κ2) is 8.32. The summed E-state index contributed by atoms with van der Waals surface area (Å²) in [7, 11) is 0.503. The Hall–Kier alpha value is -1.17. The fourth-order valence-corrected chi connectivity index (χ4v) is 2.28. The maximum Gasteiger partial charge on any atom is 0.118 e. The third kappa shape index (κ3) is 6.42. The van der Waals surface area contributed by atoms with E-state index in [-0.39, 0.29) is 10.8 Å². The molecule has 21 heavy (non-hydrogen) atoms. The van der Waals surface area contributed by atoms with Gasteiger partial charge in [-0.05, 0) is 38.5 Å². The van der Waals surface area contributed by atoms with Gasteiger partial charge in [0.1, 0.15) is 5.75 Å². The Kier molecular flexibility index (Phi) is 7.08. The van der Waals surface area contributed by atoms with E-state index in [1.807, 2.05) is 45.0 Å². The van der Waals surface area contributed by atoms with Gasteiger partial charge in [0.2, 0.25) is 0 Å². The van der Waals surface area contributed by atoms with Crippen LogP contribution in [0.25, 0.3) is 0 Å². The van der Waals surface area contributed by atoms with E-state index < -0.39 is 11.0 Å². The number of methoxy groups -OCH3 is 1. The standard InChI is InChI=1S/C16H25NO3S/c1-6-14(17-21(18)16(2,3)4)12-20-11-13-7-9-15(19-5)10-8-13/h6-10,14,17H,1,11-12H2,2-5H3/t14-,21-/m1/s1. The van der Waals surface area contributed by atoms with E-state index in [2.05, 4.69) is 11.3 Å². The summed E-state index contributed by atoms with van der Waals surface area (Å²) in [6, 6.07) is 7.58. The molecule has 0 aromatic heterocycles. The van der Waals surface area contributed by atoms with Crippen LogP contribution in [-0.2, 0) is 22.3 Å². The van der Waals surface area contributed by atoms with Crippen LogP contribution < -0.4 is 9.46 Å². The smallest absolute Gasteiger partial charge is 0.118 e. The summed E-state index contributed by atoms with van der Waals surface area (Å²) in [4.78, 5) is 0. The average Bonchev–Trinajstić information content (AvgIpc) is 2.45. The highest BCUT2D eigenvalue weighted by Gasteiger charge is 2.21. The molecule has 0 heterocycles. The fraction of sp³-hybridized carbons (Fsp3) is 0.500. The molecule has 1 aromatic carbocycles. The van der Waals surface area contributed by atoms with Crippen molar-refractivity contribution in [2.24, 2.45) is 0 Å². The number of nitrogens with one attached hydrogen (secondary N) is 1. The molecule has 0 amide bonds. The largest absolute Gasteiger partial charge is 0.497 e. The van der Waals surface area contributed by atoms with Crippen LogP contribution in [0.2, 0.25) is 0 Å². The van der Waals surface area contributed by atoms with Crippen molar-refractivity contribution in [2.45, 2.75) is 38.2 Å². The number of rotatable bonds is 8. The van der Waals surface area contributed by atoms with E-state index in [0.29, 0.717) is 13.2 Å². The molecule has 0 unspecified atom stereocenters. The molecule has 0 spiro atoms. The first-order valence-corrected chi connectivity index (χ1v) is 8.03. The second-order valence-electron chi connectivity index (χ2n) is 5.70. The van der Waals surface area contributed by atoms with Crippen LogP contribution in [0, 0.1) is 0 Å². The third-order valence-electron chi connectivity index (χ3n) is 2.82.